The number of unbranched alkanes of at least 4 members (excludes halogenated alkanes) is 2. The van der Waals surface area contributed by atoms with Gasteiger partial charge in [0.05, 0.1) is 17.3 Å². The van der Waals surface area contributed by atoms with Crippen LogP contribution in [0.2, 0.25) is 0 Å². The van der Waals surface area contributed by atoms with Gasteiger partial charge in [-0.15, -0.1) is 0 Å². The second-order valence-corrected chi connectivity index (χ2v) is 7.68. The first-order valence-corrected chi connectivity index (χ1v) is 10.4. The van der Waals surface area contributed by atoms with E-state index < -0.39 is 10.0 Å². The van der Waals surface area contributed by atoms with Crippen LogP contribution >= 0.6 is 0 Å². The topological polar surface area (TPSA) is 127 Å². The third kappa shape index (κ3) is 6.95. The molecule has 2 aromatic rings. The number of nitrogens with zero attached hydrogens (tertiary/aromatic N) is 2. The van der Waals surface area contributed by atoms with Gasteiger partial charge in [-0.2, -0.15) is 0 Å². The fraction of sp³-hybridized carbons (Fsp3) is 0.389. The van der Waals surface area contributed by atoms with E-state index in [1.807, 2.05) is 0 Å². The van der Waals surface area contributed by atoms with Crippen molar-refractivity contribution in [1.82, 2.24) is 15.3 Å². The summed E-state index contributed by atoms with van der Waals surface area (Å²) < 4.78 is 22.5. The van der Waals surface area contributed by atoms with Gasteiger partial charge in [0.15, 0.2) is 0 Å². The van der Waals surface area contributed by atoms with Gasteiger partial charge < -0.3 is 10.6 Å². The maximum absolute atomic E-state index is 11.9. The zero-order valence-corrected chi connectivity index (χ0v) is 16.1. The van der Waals surface area contributed by atoms with Gasteiger partial charge in [0.1, 0.15) is 11.5 Å². The number of primary sulfonamides is 1. The number of nitrogens with two attached hydrogens (primary N) is 1. The molecule has 0 aliphatic heterocycles. The molecule has 9 heteroatoms. The van der Waals surface area contributed by atoms with Crippen LogP contribution in [0.1, 0.15) is 42.2 Å². The molecule has 0 aliphatic rings. The molecule has 8 nitrogen and oxygen atoms in total. The maximum atomic E-state index is 11.9. The summed E-state index contributed by atoms with van der Waals surface area (Å²) in [5.41, 5.74) is 1.25. The molecule has 0 atom stereocenters. The molecule has 1 aromatic carbocycles. The van der Waals surface area contributed by atoms with Crippen LogP contribution in [0.3, 0.4) is 0 Å². The number of amides is 1. The number of benzene rings is 1. The minimum Gasteiger partial charge on any atom is -0.368 e. The van der Waals surface area contributed by atoms with Crippen LogP contribution in [0, 0.1) is 0 Å². The van der Waals surface area contributed by atoms with Crippen molar-refractivity contribution in [3.05, 3.63) is 47.9 Å². The quantitative estimate of drug-likeness (QED) is 0.529. The number of sulfonamides is 1. The summed E-state index contributed by atoms with van der Waals surface area (Å²) in [6.07, 6.45) is 6.77. The molecule has 0 saturated heterocycles. The average molecular weight is 391 g/mol. The Labute approximate surface area is 159 Å². The molecule has 0 bridgehead atoms. The van der Waals surface area contributed by atoms with Crippen molar-refractivity contribution >= 4 is 21.7 Å². The van der Waals surface area contributed by atoms with E-state index in [4.69, 9.17) is 5.14 Å². The van der Waals surface area contributed by atoms with E-state index in [0.717, 1.165) is 24.8 Å². The van der Waals surface area contributed by atoms with Crippen molar-refractivity contribution in [2.24, 2.45) is 5.14 Å². The number of rotatable bonds is 10. The van der Waals surface area contributed by atoms with Crippen LogP contribution in [0.4, 0.5) is 5.82 Å². The van der Waals surface area contributed by atoms with E-state index in [2.05, 4.69) is 27.5 Å². The molecule has 2 rings (SSSR count). The lowest BCUT2D eigenvalue weighted by molar-refractivity contribution is 0.0947. The van der Waals surface area contributed by atoms with Crippen molar-refractivity contribution < 1.29 is 13.2 Å². The van der Waals surface area contributed by atoms with E-state index in [1.54, 1.807) is 12.1 Å². The Morgan fingerprint density at radius 1 is 1.07 bits per heavy atom. The SMILES string of the molecule is CCCCCNC(=O)c1cnc(NCCc2ccc(S(N)(=O)=O)cc2)cn1. The standard InChI is InChI=1S/C18H25N5O3S/c1-2-3-4-10-21-18(24)16-12-23-17(13-22-16)20-11-9-14-5-7-15(8-6-14)27(19,25)26/h5-8,12-13H,2-4,9-11H2,1H3,(H,20,23)(H,21,24)(H2,19,25,26). The van der Waals surface area contributed by atoms with Crippen LogP contribution in [0.25, 0.3) is 0 Å². The second kappa shape index (κ2) is 9.98. The molecule has 0 spiro atoms. The van der Waals surface area contributed by atoms with Gasteiger partial charge in [-0.05, 0) is 30.5 Å². The number of anilines is 1. The molecule has 1 amide bonds. The van der Waals surface area contributed by atoms with E-state index in [1.165, 1.54) is 24.5 Å². The fourth-order valence-electron chi connectivity index (χ4n) is 2.38. The molecule has 4 N–H and O–H groups in total. The van der Waals surface area contributed by atoms with Crippen molar-refractivity contribution in [3.8, 4) is 0 Å². The molecule has 0 aliphatic carbocycles. The highest BCUT2D eigenvalue weighted by molar-refractivity contribution is 7.89. The Bertz CT molecular complexity index is 836. The monoisotopic (exact) mass is 391 g/mol. The number of hydrogen-bond acceptors (Lipinski definition) is 6. The summed E-state index contributed by atoms with van der Waals surface area (Å²) in [7, 11) is -3.67. The molecule has 0 fully saturated rings. The van der Waals surface area contributed by atoms with Crippen LogP contribution in [0.5, 0.6) is 0 Å². The Morgan fingerprint density at radius 2 is 1.81 bits per heavy atom. The minimum absolute atomic E-state index is 0.0913. The second-order valence-electron chi connectivity index (χ2n) is 6.12. The first-order valence-electron chi connectivity index (χ1n) is 8.86. The highest BCUT2D eigenvalue weighted by Crippen LogP contribution is 2.09. The fourth-order valence-corrected chi connectivity index (χ4v) is 2.90. The highest BCUT2D eigenvalue weighted by Gasteiger charge is 2.08. The Kier molecular flexibility index (Phi) is 7.68. The lowest BCUT2D eigenvalue weighted by Gasteiger charge is -2.07. The predicted molar refractivity (Wildman–Crippen MR) is 104 cm³/mol. The van der Waals surface area contributed by atoms with Gasteiger partial charge in [0, 0.05) is 13.1 Å². The van der Waals surface area contributed by atoms with Gasteiger partial charge in [-0.3, -0.25) is 4.79 Å². The predicted octanol–water partition coefficient (Wildman–Crippen LogP) is 1.70. The summed E-state index contributed by atoms with van der Waals surface area (Å²) in [5.74, 6) is 0.346. The Balaban J connectivity index is 1.79. The number of carbonyl (C=O) groups is 1. The average Bonchev–Trinajstić information content (AvgIpc) is 2.65. The summed E-state index contributed by atoms with van der Waals surface area (Å²) in [4.78, 5) is 20.3. The third-order valence-electron chi connectivity index (χ3n) is 3.92. The third-order valence-corrected chi connectivity index (χ3v) is 4.85. The smallest absolute Gasteiger partial charge is 0.271 e. The van der Waals surface area contributed by atoms with E-state index in [-0.39, 0.29) is 16.5 Å². The van der Waals surface area contributed by atoms with Crippen molar-refractivity contribution in [1.29, 1.82) is 0 Å². The van der Waals surface area contributed by atoms with Crippen molar-refractivity contribution in [2.45, 2.75) is 37.5 Å². The summed E-state index contributed by atoms with van der Waals surface area (Å²) in [5, 5.41) is 11.0. The normalized spacial score (nSPS) is 11.2. The van der Waals surface area contributed by atoms with Gasteiger partial charge >= 0.3 is 0 Å². The van der Waals surface area contributed by atoms with Crippen molar-refractivity contribution in [3.63, 3.8) is 0 Å². The summed E-state index contributed by atoms with van der Waals surface area (Å²) in [6.45, 7) is 3.34. The van der Waals surface area contributed by atoms with Gasteiger partial charge in [0.25, 0.3) is 5.91 Å². The lowest BCUT2D eigenvalue weighted by atomic mass is 10.1. The molecule has 1 aromatic heterocycles. The van der Waals surface area contributed by atoms with E-state index in [0.29, 0.717) is 25.3 Å². The van der Waals surface area contributed by atoms with Crippen LogP contribution in [-0.2, 0) is 16.4 Å². The largest absolute Gasteiger partial charge is 0.368 e. The zero-order chi connectivity index (χ0) is 19.7. The number of hydrogen-bond donors (Lipinski definition) is 3. The van der Waals surface area contributed by atoms with E-state index in [9.17, 15) is 13.2 Å². The molecule has 0 unspecified atom stereocenters. The molecule has 146 valence electrons. The van der Waals surface area contributed by atoms with Crippen LogP contribution in [0.15, 0.2) is 41.6 Å². The number of nitrogens with one attached hydrogen (secondary N) is 2. The first kappa shape index (κ1) is 20.8. The summed E-state index contributed by atoms with van der Waals surface area (Å²) >= 11 is 0. The van der Waals surface area contributed by atoms with Crippen molar-refractivity contribution in [2.75, 3.05) is 18.4 Å². The summed E-state index contributed by atoms with van der Waals surface area (Å²) in [6, 6.07) is 6.41. The molecule has 27 heavy (non-hydrogen) atoms. The zero-order valence-electron chi connectivity index (χ0n) is 15.3. The first-order chi connectivity index (χ1) is 12.9. The molecule has 0 radical (unpaired) electrons. The molecular formula is C18H25N5O3S. The van der Waals surface area contributed by atoms with Gasteiger partial charge in [-0.1, -0.05) is 31.9 Å². The van der Waals surface area contributed by atoms with E-state index >= 15 is 0 Å². The maximum Gasteiger partial charge on any atom is 0.271 e. The Morgan fingerprint density at radius 3 is 2.41 bits per heavy atom. The number of aromatic nitrogens is 2. The molecular weight excluding hydrogens is 366 g/mol. The Hall–Kier alpha value is -2.52. The number of carbonyl (C=O) groups excluding carboxylic acids is 1. The molecule has 1 heterocycles. The van der Waals surface area contributed by atoms with Crippen LogP contribution < -0.4 is 15.8 Å². The van der Waals surface area contributed by atoms with Gasteiger partial charge in [-0.25, -0.2) is 23.5 Å². The van der Waals surface area contributed by atoms with Gasteiger partial charge in [0.2, 0.25) is 10.0 Å². The highest BCUT2D eigenvalue weighted by atomic mass is 32.2. The minimum atomic E-state index is -3.67. The molecule has 0 saturated carbocycles. The lowest BCUT2D eigenvalue weighted by Crippen LogP contribution is -2.25. The van der Waals surface area contributed by atoms with Crippen LogP contribution in [-0.4, -0.2) is 37.4 Å².